The molecule has 2 atom stereocenters. The third-order valence-electron chi connectivity index (χ3n) is 7.28. The van der Waals surface area contributed by atoms with Gasteiger partial charge in [0.15, 0.2) is 0 Å². The fraction of sp³-hybridized carbons (Fsp3) is 0.682. The van der Waals surface area contributed by atoms with Crippen LogP contribution in [0.3, 0.4) is 0 Å². The lowest BCUT2D eigenvalue weighted by Crippen LogP contribution is -2.53. The van der Waals surface area contributed by atoms with Gasteiger partial charge in [-0.05, 0) is 71.3 Å². The number of ether oxygens (including phenoxy) is 1. The zero-order valence-electron chi connectivity index (χ0n) is 18.0. The molecule has 5 rings (SSSR count). The highest BCUT2D eigenvalue weighted by molar-refractivity contribution is 5.97. The van der Waals surface area contributed by atoms with Gasteiger partial charge in [0.05, 0.1) is 11.5 Å². The molecular weight excluding hydrogens is 380 g/mol. The van der Waals surface area contributed by atoms with E-state index in [0.717, 1.165) is 30.4 Å². The molecule has 0 bridgehead atoms. The Morgan fingerprint density at radius 1 is 1.23 bits per heavy atom. The van der Waals surface area contributed by atoms with Crippen molar-refractivity contribution in [2.75, 3.05) is 38.5 Å². The summed E-state index contributed by atoms with van der Waals surface area (Å²) in [5, 5.41) is 3.64. The number of rotatable bonds is 4. The van der Waals surface area contributed by atoms with E-state index in [2.05, 4.69) is 36.7 Å². The van der Waals surface area contributed by atoms with Gasteiger partial charge in [-0.1, -0.05) is 0 Å². The highest BCUT2D eigenvalue weighted by atomic mass is 16.5. The molecule has 1 N–H and O–H groups in total. The molecule has 8 heteroatoms. The molecule has 2 unspecified atom stereocenters. The molecule has 8 nitrogen and oxygen atoms in total. The van der Waals surface area contributed by atoms with Gasteiger partial charge < -0.3 is 19.5 Å². The van der Waals surface area contributed by atoms with Crippen LogP contribution in [0.25, 0.3) is 11.0 Å². The highest BCUT2D eigenvalue weighted by Gasteiger charge is 2.44. The molecule has 0 aromatic carbocycles. The summed E-state index contributed by atoms with van der Waals surface area (Å²) < 4.78 is 8.61. The number of carbonyl (C=O) groups excluding carboxylic acids is 1. The van der Waals surface area contributed by atoms with E-state index in [1.807, 2.05) is 12.3 Å². The summed E-state index contributed by atoms with van der Waals surface area (Å²) in [5.41, 5.74) is 1.21. The molecule has 3 aliphatic heterocycles. The van der Waals surface area contributed by atoms with Gasteiger partial charge in [0.2, 0.25) is 5.91 Å². The van der Waals surface area contributed by atoms with Crippen LogP contribution in [0, 0.1) is 0 Å². The zero-order chi connectivity index (χ0) is 20.7. The largest absolute Gasteiger partial charge is 0.353 e. The smallest absolute Gasteiger partial charge is 0.222 e. The Bertz CT molecular complexity index is 919. The van der Waals surface area contributed by atoms with Crippen LogP contribution >= 0.6 is 0 Å². The van der Waals surface area contributed by atoms with Crippen LogP contribution in [-0.4, -0.2) is 75.1 Å². The lowest BCUT2D eigenvalue weighted by molar-refractivity contribution is -0.114. The number of amides is 1. The molecule has 0 saturated carbocycles. The standard InChI is InChI=1S/C22H32N6O2/c1-16(29)25-20-18-6-11-28(21(18)24-15-23-20)19-5-4-17(30-19)14-27-10-3-7-22(27)8-12-26(2)13-9-22/h6,11,15,17,19H,3-5,7-10,12-14H2,1-2H3,(H,23,24,25,29). The molecule has 30 heavy (non-hydrogen) atoms. The summed E-state index contributed by atoms with van der Waals surface area (Å²) >= 11 is 0. The summed E-state index contributed by atoms with van der Waals surface area (Å²) in [6, 6.07) is 1.96. The Morgan fingerprint density at radius 2 is 2.07 bits per heavy atom. The van der Waals surface area contributed by atoms with Gasteiger partial charge in [0.1, 0.15) is 24.0 Å². The minimum Gasteiger partial charge on any atom is -0.353 e. The number of fused-ring (bicyclic) bond motifs is 1. The Balaban J connectivity index is 1.28. The van der Waals surface area contributed by atoms with Crippen LogP contribution in [0.4, 0.5) is 5.82 Å². The zero-order valence-corrected chi connectivity index (χ0v) is 18.0. The Kier molecular flexibility index (Phi) is 5.24. The average Bonchev–Trinajstić information content (AvgIpc) is 3.44. The van der Waals surface area contributed by atoms with E-state index >= 15 is 0 Å². The van der Waals surface area contributed by atoms with Crippen molar-refractivity contribution in [3.8, 4) is 0 Å². The predicted octanol–water partition coefficient (Wildman–Crippen LogP) is 2.63. The van der Waals surface area contributed by atoms with Gasteiger partial charge in [-0.2, -0.15) is 0 Å². The minimum atomic E-state index is -0.131. The second kappa shape index (κ2) is 7.90. The van der Waals surface area contributed by atoms with Crippen LogP contribution < -0.4 is 5.32 Å². The number of anilines is 1. The van der Waals surface area contributed by atoms with Crippen LogP contribution in [-0.2, 0) is 9.53 Å². The maximum atomic E-state index is 11.5. The number of nitrogens with one attached hydrogen (secondary N) is 1. The summed E-state index contributed by atoms with van der Waals surface area (Å²) in [7, 11) is 2.24. The molecule has 162 valence electrons. The van der Waals surface area contributed by atoms with Crippen molar-refractivity contribution >= 4 is 22.8 Å². The Hall–Kier alpha value is -2.03. The van der Waals surface area contributed by atoms with E-state index in [-0.39, 0.29) is 18.2 Å². The van der Waals surface area contributed by atoms with Crippen molar-refractivity contribution in [2.24, 2.45) is 0 Å². The third kappa shape index (κ3) is 3.61. The monoisotopic (exact) mass is 412 g/mol. The normalized spacial score (nSPS) is 27.3. The van der Waals surface area contributed by atoms with Crippen LogP contribution in [0.5, 0.6) is 0 Å². The van der Waals surface area contributed by atoms with Crippen molar-refractivity contribution in [1.82, 2.24) is 24.3 Å². The van der Waals surface area contributed by atoms with E-state index in [1.165, 1.54) is 58.6 Å². The van der Waals surface area contributed by atoms with E-state index in [1.54, 1.807) is 0 Å². The molecule has 0 radical (unpaired) electrons. The Labute approximate surface area is 177 Å². The summed E-state index contributed by atoms with van der Waals surface area (Å²) in [6.07, 6.45) is 11.0. The second-order valence-corrected chi connectivity index (χ2v) is 9.23. The van der Waals surface area contributed by atoms with E-state index < -0.39 is 0 Å². The lowest BCUT2D eigenvalue weighted by Gasteiger charge is -2.45. The number of nitrogens with zero attached hydrogens (tertiary/aromatic N) is 5. The maximum Gasteiger partial charge on any atom is 0.222 e. The number of aromatic nitrogens is 3. The van der Waals surface area contributed by atoms with Crippen molar-refractivity contribution < 1.29 is 9.53 Å². The fourth-order valence-electron chi connectivity index (χ4n) is 5.62. The molecule has 3 saturated heterocycles. The molecule has 1 spiro atoms. The summed E-state index contributed by atoms with van der Waals surface area (Å²) in [5.74, 6) is 0.426. The quantitative estimate of drug-likeness (QED) is 0.832. The van der Waals surface area contributed by atoms with Crippen LogP contribution in [0.2, 0.25) is 0 Å². The van der Waals surface area contributed by atoms with Gasteiger partial charge in [-0.3, -0.25) is 9.69 Å². The van der Waals surface area contributed by atoms with Gasteiger partial charge in [0.25, 0.3) is 0 Å². The first-order valence-corrected chi connectivity index (χ1v) is 11.2. The van der Waals surface area contributed by atoms with Gasteiger partial charge >= 0.3 is 0 Å². The molecule has 2 aromatic heterocycles. The number of hydrogen-bond acceptors (Lipinski definition) is 6. The third-order valence-corrected chi connectivity index (χ3v) is 7.28. The summed E-state index contributed by atoms with van der Waals surface area (Å²) in [4.78, 5) is 25.3. The lowest BCUT2D eigenvalue weighted by atomic mass is 9.85. The number of hydrogen-bond donors (Lipinski definition) is 1. The molecule has 1 amide bonds. The first-order valence-electron chi connectivity index (χ1n) is 11.2. The first kappa shape index (κ1) is 19.9. The van der Waals surface area contributed by atoms with Crippen molar-refractivity contribution in [3.05, 3.63) is 18.6 Å². The molecule has 3 fully saturated rings. The Morgan fingerprint density at radius 3 is 2.87 bits per heavy atom. The maximum absolute atomic E-state index is 11.5. The van der Waals surface area contributed by atoms with Crippen LogP contribution in [0.1, 0.15) is 51.7 Å². The van der Waals surface area contributed by atoms with E-state index in [9.17, 15) is 4.79 Å². The topological polar surface area (TPSA) is 75.5 Å². The van der Waals surface area contributed by atoms with Crippen molar-refractivity contribution in [1.29, 1.82) is 0 Å². The molecule has 5 heterocycles. The van der Waals surface area contributed by atoms with Crippen molar-refractivity contribution in [3.63, 3.8) is 0 Å². The second-order valence-electron chi connectivity index (χ2n) is 9.23. The fourth-order valence-corrected chi connectivity index (χ4v) is 5.62. The number of likely N-dealkylation sites (tertiary alicyclic amines) is 2. The molecule has 3 aliphatic rings. The average molecular weight is 413 g/mol. The summed E-state index contributed by atoms with van der Waals surface area (Å²) in [6.45, 7) is 6.14. The van der Waals surface area contributed by atoms with Crippen LogP contribution in [0.15, 0.2) is 18.6 Å². The van der Waals surface area contributed by atoms with Gasteiger partial charge in [-0.25, -0.2) is 9.97 Å². The molecular formula is C22H32N6O2. The van der Waals surface area contributed by atoms with Gasteiger partial charge in [0, 0.05) is 25.2 Å². The van der Waals surface area contributed by atoms with E-state index in [0.29, 0.717) is 11.4 Å². The predicted molar refractivity (Wildman–Crippen MR) is 115 cm³/mol. The minimum absolute atomic E-state index is 0.0105. The van der Waals surface area contributed by atoms with Crippen molar-refractivity contribution in [2.45, 2.75) is 63.3 Å². The molecule has 2 aromatic rings. The number of carbonyl (C=O) groups is 1. The number of piperidine rings is 1. The SMILES string of the molecule is CC(=O)Nc1ncnc2c1ccn2C1CCC(CN2CCCC23CCN(C)CC3)O1. The van der Waals surface area contributed by atoms with Gasteiger partial charge in [-0.15, -0.1) is 0 Å². The molecule has 0 aliphatic carbocycles. The van der Waals surface area contributed by atoms with E-state index in [4.69, 9.17) is 4.74 Å². The highest BCUT2D eigenvalue weighted by Crippen LogP contribution is 2.40. The first-order chi connectivity index (χ1) is 14.5.